The van der Waals surface area contributed by atoms with E-state index in [9.17, 15) is 15.3 Å². The Hall–Kier alpha value is -2.31. The van der Waals surface area contributed by atoms with Gasteiger partial charge in [0.05, 0.1) is 6.33 Å². The number of benzene rings is 1. The number of rotatable bonds is 4. The highest BCUT2D eigenvalue weighted by molar-refractivity contribution is 9.10. The van der Waals surface area contributed by atoms with Crippen LogP contribution >= 0.6 is 15.9 Å². The number of nitrogens with two attached hydrogens (primary N) is 1. The maximum absolute atomic E-state index is 10.1. The minimum absolute atomic E-state index is 0.0522. The predicted octanol–water partition coefficient (Wildman–Crippen LogP) is 0.319. The fourth-order valence-corrected chi connectivity index (χ4v) is 3.06. The monoisotopic (exact) mass is 437 g/mol. The van der Waals surface area contributed by atoms with Gasteiger partial charge < -0.3 is 30.5 Å². The Morgan fingerprint density at radius 1 is 1.15 bits per heavy atom. The lowest BCUT2D eigenvalue weighted by Gasteiger charge is -2.16. The highest BCUT2D eigenvalue weighted by atomic mass is 79.9. The van der Waals surface area contributed by atoms with Crippen LogP contribution < -0.4 is 10.5 Å². The number of aromatic nitrogens is 4. The molecule has 27 heavy (non-hydrogen) atoms. The van der Waals surface area contributed by atoms with E-state index in [4.69, 9.17) is 15.2 Å². The van der Waals surface area contributed by atoms with Crippen molar-refractivity contribution in [3.63, 3.8) is 0 Å². The lowest BCUT2D eigenvalue weighted by atomic mass is 10.2. The van der Waals surface area contributed by atoms with Gasteiger partial charge in [-0.2, -0.15) is 9.97 Å². The molecule has 0 spiro atoms. The van der Waals surface area contributed by atoms with Crippen molar-refractivity contribution in [2.24, 2.45) is 0 Å². The summed E-state index contributed by atoms with van der Waals surface area (Å²) in [6.45, 7) is 0.242. The van der Waals surface area contributed by atoms with E-state index in [1.165, 1.54) is 10.9 Å². The second kappa shape index (κ2) is 7.02. The Labute approximate surface area is 161 Å². The summed E-state index contributed by atoms with van der Waals surface area (Å²) in [5.41, 5.74) is 7.26. The molecule has 4 rings (SSSR count). The molecule has 4 unspecified atom stereocenters. The van der Waals surface area contributed by atoms with Crippen molar-refractivity contribution in [2.45, 2.75) is 31.3 Å². The minimum atomic E-state index is -1.52. The second-order valence-corrected chi connectivity index (χ2v) is 6.94. The number of hydrogen-bond donors (Lipinski definition) is 4. The third-order valence-electron chi connectivity index (χ3n) is 4.18. The van der Waals surface area contributed by atoms with Gasteiger partial charge in [-0.3, -0.25) is 4.57 Å². The van der Waals surface area contributed by atoms with Crippen molar-refractivity contribution in [3.8, 4) is 5.88 Å². The first-order chi connectivity index (χ1) is 12.9. The first kappa shape index (κ1) is 18.1. The molecule has 1 aromatic carbocycles. The summed E-state index contributed by atoms with van der Waals surface area (Å²) in [5, 5.41) is 29.4. The van der Waals surface area contributed by atoms with Gasteiger partial charge in [0.25, 0.3) is 0 Å². The van der Waals surface area contributed by atoms with Gasteiger partial charge in [0.15, 0.2) is 23.7 Å². The van der Waals surface area contributed by atoms with Crippen LogP contribution in [-0.4, -0.2) is 53.3 Å². The summed E-state index contributed by atoms with van der Waals surface area (Å²) < 4.78 is 13.3. The standard InChI is InChI=1S/C16H16BrN5O5/c17-8-3-1-7(2-4-8)5-26-13-9-12(20-16(18)21-13)22(6-19-9)14-10(23)11(24)15(25)27-14/h1-4,6,10-11,14-15,23-25H,5H2,(H2,18,20,21). The predicted molar refractivity (Wildman–Crippen MR) is 96.4 cm³/mol. The van der Waals surface area contributed by atoms with Gasteiger partial charge in [-0.15, -0.1) is 0 Å². The van der Waals surface area contributed by atoms with E-state index in [-0.39, 0.29) is 24.1 Å². The Balaban J connectivity index is 1.65. The fourth-order valence-electron chi connectivity index (χ4n) is 2.80. The number of imidazole rings is 1. The largest absolute Gasteiger partial charge is 0.471 e. The van der Waals surface area contributed by atoms with Gasteiger partial charge in [0.2, 0.25) is 11.8 Å². The highest BCUT2D eigenvalue weighted by Gasteiger charge is 2.43. The zero-order valence-electron chi connectivity index (χ0n) is 13.8. The lowest BCUT2D eigenvalue weighted by molar-refractivity contribution is -0.141. The SMILES string of the molecule is Nc1nc(OCc2ccc(Br)cc2)c2ncn(C3OC(O)C(O)C3O)c2n1. The first-order valence-corrected chi connectivity index (χ1v) is 8.80. The quantitative estimate of drug-likeness (QED) is 0.452. The molecule has 1 fully saturated rings. The molecular formula is C16H16BrN5O5. The first-order valence-electron chi connectivity index (χ1n) is 8.01. The molecule has 10 nitrogen and oxygen atoms in total. The third kappa shape index (κ3) is 3.35. The Morgan fingerprint density at radius 3 is 2.56 bits per heavy atom. The Morgan fingerprint density at radius 2 is 1.89 bits per heavy atom. The molecule has 5 N–H and O–H groups in total. The molecule has 1 aliphatic rings. The van der Waals surface area contributed by atoms with E-state index < -0.39 is 24.7 Å². The van der Waals surface area contributed by atoms with Crippen LogP contribution in [0.1, 0.15) is 11.8 Å². The number of anilines is 1. The third-order valence-corrected chi connectivity index (χ3v) is 4.71. The van der Waals surface area contributed by atoms with Crippen LogP contribution in [0.5, 0.6) is 5.88 Å². The average Bonchev–Trinajstić information content (AvgIpc) is 3.17. The second-order valence-electron chi connectivity index (χ2n) is 6.02. The summed E-state index contributed by atoms with van der Waals surface area (Å²) in [7, 11) is 0. The number of nitrogen functional groups attached to an aromatic ring is 1. The molecule has 4 atom stereocenters. The van der Waals surface area contributed by atoms with Crippen LogP contribution in [0, 0.1) is 0 Å². The van der Waals surface area contributed by atoms with Gasteiger partial charge >= 0.3 is 0 Å². The van der Waals surface area contributed by atoms with E-state index in [0.29, 0.717) is 5.52 Å². The van der Waals surface area contributed by atoms with Gasteiger partial charge in [0, 0.05) is 4.47 Å². The number of ether oxygens (including phenoxy) is 2. The maximum atomic E-state index is 10.1. The molecule has 2 aromatic heterocycles. The molecule has 0 bridgehead atoms. The molecule has 0 saturated carbocycles. The van der Waals surface area contributed by atoms with E-state index in [2.05, 4.69) is 30.9 Å². The zero-order valence-corrected chi connectivity index (χ0v) is 15.4. The van der Waals surface area contributed by atoms with Crippen molar-refractivity contribution in [2.75, 3.05) is 5.73 Å². The lowest BCUT2D eigenvalue weighted by Crippen LogP contribution is -2.31. The summed E-state index contributed by atoms with van der Waals surface area (Å²) >= 11 is 3.37. The van der Waals surface area contributed by atoms with Crippen LogP contribution in [0.2, 0.25) is 0 Å². The minimum Gasteiger partial charge on any atom is -0.471 e. The zero-order chi connectivity index (χ0) is 19.1. The molecule has 3 heterocycles. The van der Waals surface area contributed by atoms with E-state index >= 15 is 0 Å². The number of aliphatic hydroxyl groups is 3. The number of aliphatic hydroxyl groups excluding tert-OH is 3. The van der Waals surface area contributed by atoms with Crippen LogP contribution in [0.15, 0.2) is 35.1 Å². The van der Waals surface area contributed by atoms with Gasteiger partial charge in [-0.05, 0) is 17.7 Å². The van der Waals surface area contributed by atoms with Crippen LogP contribution in [0.3, 0.4) is 0 Å². The van der Waals surface area contributed by atoms with E-state index in [0.717, 1.165) is 10.0 Å². The summed E-state index contributed by atoms with van der Waals surface area (Å²) in [6.07, 6.45) is -4.05. The van der Waals surface area contributed by atoms with E-state index in [1.807, 2.05) is 24.3 Å². The van der Waals surface area contributed by atoms with Crippen LogP contribution in [0.25, 0.3) is 11.2 Å². The molecule has 0 amide bonds. The smallest absolute Gasteiger partial charge is 0.247 e. The fraction of sp³-hybridized carbons (Fsp3) is 0.312. The molecule has 0 radical (unpaired) electrons. The molecule has 0 aliphatic carbocycles. The number of fused-ring (bicyclic) bond motifs is 1. The van der Waals surface area contributed by atoms with E-state index in [1.54, 1.807) is 0 Å². The maximum Gasteiger partial charge on any atom is 0.247 e. The van der Waals surface area contributed by atoms with Gasteiger partial charge in [0.1, 0.15) is 18.8 Å². The summed E-state index contributed by atoms with van der Waals surface area (Å²) in [4.78, 5) is 12.4. The topological polar surface area (TPSA) is 149 Å². The van der Waals surface area contributed by atoms with Gasteiger partial charge in [-0.1, -0.05) is 28.1 Å². The molecule has 1 saturated heterocycles. The van der Waals surface area contributed by atoms with Gasteiger partial charge in [-0.25, -0.2) is 4.98 Å². The molecule has 3 aromatic rings. The van der Waals surface area contributed by atoms with Crippen molar-refractivity contribution >= 4 is 33.0 Å². The Kier molecular flexibility index (Phi) is 4.70. The summed E-state index contributed by atoms with van der Waals surface area (Å²) in [5.74, 6) is 0.122. The Bertz CT molecular complexity index is 966. The molecule has 11 heteroatoms. The highest BCUT2D eigenvalue weighted by Crippen LogP contribution is 2.32. The van der Waals surface area contributed by atoms with Crippen molar-refractivity contribution in [1.82, 2.24) is 19.5 Å². The average molecular weight is 438 g/mol. The van der Waals surface area contributed by atoms with Crippen molar-refractivity contribution in [3.05, 3.63) is 40.6 Å². The number of hydrogen-bond acceptors (Lipinski definition) is 9. The summed E-state index contributed by atoms with van der Waals surface area (Å²) in [6, 6.07) is 7.59. The van der Waals surface area contributed by atoms with Crippen LogP contribution in [-0.2, 0) is 11.3 Å². The number of halogens is 1. The van der Waals surface area contributed by atoms with Crippen LogP contribution in [0.4, 0.5) is 5.95 Å². The van der Waals surface area contributed by atoms with Crippen molar-refractivity contribution < 1.29 is 24.8 Å². The molecule has 142 valence electrons. The normalized spacial score (nSPS) is 25.2. The van der Waals surface area contributed by atoms with Crippen molar-refractivity contribution in [1.29, 1.82) is 0 Å². The molecular weight excluding hydrogens is 422 g/mol. The number of nitrogens with zero attached hydrogens (tertiary/aromatic N) is 4. The molecule has 1 aliphatic heterocycles.